The molecule has 1 aromatic heterocycles. The maximum absolute atomic E-state index is 4.74. The molecule has 1 heterocycles. The van der Waals surface area contributed by atoms with Crippen LogP contribution >= 0.6 is 0 Å². The molecular weight excluding hydrogens is 262 g/mol. The van der Waals surface area contributed by atoms with Crippen molar-refractivity contribution in [1.82, 2.24) is 15.5 Å². The zero-order valence-electron chi connectivity index (χ0n) is 11.6. The van der Waals surface area contributed by atoms with E-state index < -0.39 is 0 Å². The molecule has 0 saturated heterocycles. The Hall–Kier alpha value is -2.46. The molecule has 0 aliphatic heterocycles. The maximum Gasteiger partial charge on any atom is 0.213 e. The highest BCUT2D eigenvalue weighted by molar-refractivity contribution is 5.32. The van der Waals surface area contributed by atoms with Gasteiger partial charge in [-0.3, -0.25) is 0 Å². The Morgan fingerprint density at radius 2 is 1.52 bits per heavy atom. The number of nitrogens with zero attached hydrogens (tertiary/aromatic N) is 2. The molecule has 0 spiro atoms. The fraction of sp³-hybridized carbons (Fsp3) is 0.176. The van der Waals surface area contributed by atoms with E-state index in [9.17, 15) is 0 Å². The van der Waals surface area contributed by atoms with Gasteiger partial charge in [-0.1, -0.05) is 65.8 Å². The molecule has 21 heavy (non-hydrogen) atoms. The zero-order valence-corrected chi connectivity index (χ0v) is 11.6. The van der Waals surface area contributed by atoms with Gasteiger partial charge in [-0.25, -0.2) is 0 Å². The smallest absolute Gasteiger partial charge is 0.213 e. The molecule has 2 aromatic carbocycles. The SMILES string of the molecule is c1ccc(C(CNCc2ncon2)c2ccccc2)cc1. The second-order valence-electron chi connectivity index (χ2n) is 4.85. The second-order valence-corrected chi connectivity index (χ2v) is 4.85. The minimum Gasteiger partial charge on any atom is -0.343 e. The third-order valence-corrected chi connectivity index (χ3v) is 3.44. The van der Waals surface area contributed by atoms with Gasteiger partial charge in [0.25, 0.3) is 0 Å². The van der Waals surface area contributed by atoms with Gasteiger partial charge in [0, 0.05) is 12.5 Å². The van der Waals surface area contributed by atoms with Crippen LogP contribution in [0.2, 0.25) is 0 Å². The molecule has 1 N–H and O–H groups in total. The predicted molar refractivity (Wildman–Crippen MR) is 80.7 cm³/mol. The Morgan fingerprint density at radius 1 is 0.905 bits per heavy atom. The molecule has 0 saturated carbocycles. The third kappa shape index (κ3) is 3.55. The van der Waals surface area contributed by atoms with Crippen LogP contribution in [-0.4, -0.2) is 16.7 Å². The number of nitrogens with one attached hydrogen (secondary N) is 1. The van der Waals surface area contributed by atoms with Crippen molar-refractivity contribution in [3.63, 3.8) is 0 Å². The summed E-state index contributed by atoms with van der Waals surface area (Å²) in [6, 6.07) is 21.0. The van der Waals surface area contributed by atoms with Gasteiger partial charge < -0.3 is 9.84 Å². The van der Waals surface area contributed by atoms with Crippen molar-refractivity contribution in [1.29, 1.82) is 0 Å². The van der Waals surface area contributed by atoms with E-state index in [4.69, 9.17) is 4.52 Å². The summed E-state index contributed by atoms with van der Waals surface area (Å²) in [6.07, 6.45) is 1.35. The van der Waals surface area contributed by atoms with E-state index >= 15 is 0 Å². The first-order chi connectivity index (χ1) is 10.4. The monoisotopic (exact) mass is 279 g/mol. The van der Waals surface area contributed by atoms with Crippen molar-refractivity contribution in [3.05, 3.63) is 84.0 Å². The molecule has 0 aliphatic rings. The van der Waals surface area contributed by atoms with Crippen molar-refractivity contribution < 1.29 is 4.52 Å². The van der Waals surface area contributed by atoms with Crippen LogP contribution in [0, 0.1) is 0 Å². The molecule has 3 rings (SSSR count). The zero-order chi connectivity index (χ0) is 14.3. The highest BCUT2D eigenvalue weighted by Crippen LogP contribution is 2.23. The third-order valence-electron chi connectivity index (χ3n) is 3.44. The molecule has 106 valence electrons. The number of hydrogen-bond donors (Lipinski definition) is 1. The average molecular weight is 279 g/mol. The summed E-state index contributed by atoms with van der Waals surface area (Å²) in [5, 5.41) is 7.21. The molecule has 4 heteroatoms. The summed E-state index contributed by atoms with van der Waals surface area (Å²) < 4.78 is 4.74. The predicted octanol–water partition coefficient (Wildman–Crippen LogP) is 2.99. The van der Waals surface area contributed by atoms with Gasteiger partial charge in [0.2, 0.25) is 6.39 Å². The Bertz CT molecular complexity index is 599. The van der Waals surface area contributed by atoms with Gasteiger partial charge in [-0.15, -0.1) is 0 Å². The van der Waals surface area contributed by atoms with Gasteiger partial charge >= 0.3 is 0 Å². The van der Waals surface area contributed by atoms with Crippen LogP contribution in [0.5, 0.6) is 0 Å². The number of hydrogen-bond acceptors (Lipinski definition) is 4. The van der Waals surface area contributed by atoms with E-state index in [2.05, 4.69) is 64.0 Å². The van der Waals surface area contributed by atoms with Gasteiger partial charge in [0.05, 0.1) is 6.54 Å². The van der Waals surface area contributed by atoms with Gasteiger partial charge in [-0.05, 0) is 11.1 Å². The van der Waals surface area contributed by atoms with E-state index in [0.29, 0.717) is 18.3 Å². The lowest BCUT2D eigenvalue weighted by Gasteiger charge is -2.18. The Balaban J connectivity index is 1.73. The first-order valence-electron chi connectivity index (χ1n) is 6.99. The van der Waals surface area contributed by atoms with Crippen LogP contribution in [0.15, 0.2) is 71.6 Å². The van der Waals surface area contributed by atoms with E-state index in [0.717, 1.165) is 6.54 Å². The standard InChI is InChI=1S/C17H17N3O/c1-3-7-14(8-4-1)16(15-9-5-2-6-10-15)11-18-12-17-19-13-21-20-17/h1-10,13,16,18H,11-12H2. The summed E-state index contributed by atoms with van der Waals surface area (Å²) in [6.45, 7) is 1.43. The van der Waals surface area contributed by atoms with Crippen LogP contribution in [0.1, 0.15) is 22.9 Å². The van der Waals surface area contributed by atoms with E-state index in [1.54, 1.807) is 0 Å². The molecule has 3 aromatic rings. The molecule has 0 radical (unpaired) electrons. The summed E-state index contributed by atoms with van der Waals surface area (Å²) in [5.41, 5.74) is 2.59. The molecule has 0 atom stereocenters. The minimum atomic E-state index is 0.305. The number of rotatable bonds is 6. The maximum atomic E-state index is 4.74. The van der Waals surface area contributed by atoms with Crippen LogP contribution in [0.3, 0.4) is 0 Å². The first kappa shape index (κ1) is 13.5. The van der Waals surface area contributed by atoms with Crippen molar-refractivity contribution in [2.75, 3.05) is 6.54 Å². The van der Waals surface area contributed by atoms with Crippen molar-refractivity contribution in [2.45, 2.75) is 12.5 Å². The lowest BCUT2D eigenvalue weighted by Crippen LogP contribution is -2.22. The highest BCUT2D eigenvalue weighted by Gasteiger charge is 2.13. The summed E-state index contributed by atoms with van der Waals surface area (Å²) in [4.78, 5) is 4.02. The lowest BCUT2D eigenvalue weighted by molar-refractivity contribution is 0.407. The summed E-state index contributed by atoms with van der Waals surface area (Å²) >= 11 is 0. The number of aromatic nitrogens is 2. The molecule has 0 amide bonds. The molecule has 0 unspecified atom stereocenters. The minimum absolute atomic E-state index is 0.305. The van der Waals surface area contributed by atoms with E-state index in [1.807, 2.05) is 12.1 Å². The highest BCUT2D eigenvalue weighted by atomic mass is 16.5. The van der Waals surface area contributed by atoms with Crippen molar-refractivity contribution in [2.24, 2.45) is 0 Å². The van der Waals surface area contributed by atoms with Crippen LogP contribution in [-0.2, 0) is 6.54 Å². The van der Waals surface area contributed by atoms with E-state index in [1.165, 1.54) is 17.5 Å². The number of benzene rings is 2. The largest absolute Gasteiger partial charge is 0.343 e. The van der Waals surface area contributed by atoms with Gasteiger partial charge in [0.15, 0.2) is 5.82 Å². The van der Waals surface area contributed by atoms with E-state index in [-0.39, 0.29) is 0 Å². The summed E-state index contributed by atoms with van der Waals surface area (Å²) in [5.74, 6) is 0.981. The van der Waals surface area contributed by atoms with Crippen molar-refractivity contribution >= 4 is 0 Å². The lowest BCUT2D eigenvalue weighted by atomic mass is 9.91. The van der Waals surface area contributed by atoms with Gasteiger partial charge in [-0.2, -0.15) is 4.98 Å². The molecule has 0 aliphatic carbocycles. The van der Waals surface area contributed by atoms with Crippen LogP contribution in [0.4, 0.5) is 0 Å². The second kappa shape index (κ2) is 6.81. The normalized spacial score (nSPS) is 10.9. The quantitative estimate of drug-likeness (QED) is 0.753. The summed E-state index contributed by atoms with van der Waals surface area (Å²) in [7, 11) is 0. The van der Waals surface area contributed by atoms with Gasteiger partial charge in [0.1, 0.15) is 0 Å². The molecule has 0 fully saturated rings. The average Bonchev–Trinajstić information content (AvgIpc) is 3.07. The molecule has 0 bridgehead atoms. The van der Waals surface area contributed by atoms with Crippen LogP contribution in [0.25, 0.3) is 0 Å². The van der Waals surface area contributed by atoms with Crippen LogP contribution < -0.4 is 5.32 Å². The Kier molecular flexibility index (Phi) is 4.39. The Morgan fingerprint density at radius 3 is 2.05 bits per heavy atom. The molecular formula is C17H17N3O. The van der Waals surface area contributed by atoms with Crippen molar-refractivity contribution in [3.8, 4) is 0 Å². The Labute approximate surface area is 123 Å². The first-order valence-corrected chi connectivity index (χ1v) is 6.99. The molecule has 4 nitrogen and oxygen atoms in total. The fourth-order valence-corrected chi connectivity index (χ4v) is 2.40. The topological polar surface area (TPSA) is 51.0 Å². The fourth-order valence-electron chi connectivity index (χ4n) is 2.40.